The van der Waals surface area contributed by atoms with E-state index in [1.807, 2.05) is 0 Å². The van der Waals surface area contributed by atoms with Gasteiger partial charge in [-0.25, -0.2) is 0 Å². The number of carbonyl (C=O) groups excluding carboxylic acids is 1. The van der Waals surface area contributed by atoms with E-state index >= 15 is 0 Å². The molecule has 0 aromatic rings. The predicted octanol–water partition coefficient (Wildman–Crippen LogP) is 7.67. The first kappa shape index (κ1) is 24.7. The van der Waals surface area contributed by atoms with Crippen molar-refractivity contribution in [2.24, 2.45) is 57.7 Å². The molecule has 1 N–H and O–H groups in total. The van der Waals surface area contributed by atoms with Gasteiger partial charge in [-0.05, 0) is 97.7 Å². The van der Waals surface area contributed by atoms with Crippen LogP contribution in [0.25, 0.3) is 0 Å². The Morgan fingerprint density at radius 1 is 0.906 bits per heavy atom. The first-order valence-corrected chi connectivity index (χ1v) is 14.0. The van der Waals surface area contributed by atoms with Gasteiger partial charge in [0.25, 0.3) is 0 Å². The molecule has 0 saturated heterocycles. The molecule has 0 spiro atoms. The molecule has 0 unspecified atom stereocenters. The zero-order valence-corrected chi connectivity index (χ0v) is 22.5. The Kier molecular flexibility index (Phi) is 6.26. The number of ketones is 1. The molecule has 0 aromatic heterocycles. The monoisotopic (exact) mass is 444 g/mol. The molecule has 4 aliphatic carbocycles. The van der Waals surface area contributed by atoms with Gasteiger partial charge >= 0.3 is 0 Å². The molecule has 0 heterocycles. The molecule has 9 atom stereocenters. The van der Waals surface area contributed by atoms with E-state index in [-0.39, 0.29) is 10.8 Å². The van der Waals surface area contributed by atoms with Crippen molar-refractivity contribution in [1.82, 2.24) is 0 Å². The zero-order valence-electron chi connectivity index (χ0n) is 22.5. The molecule has 2 nitrogen and oxygen atoms in total. The summed E-state index contributed by atoms with van der Waals surface area (Å²) in [6.07, 6.45) is 11.9. The summed E-state index contributed by atoms with van der Waals surface area (Å²) in [4.78, 5) is 12.9. The van der Waals surface area contributed by atoms with Crippen LogP contribution in [0.4, 0.5) is 0 Å². The van der Waals surface area contributed by atoms with Crippen LogP contribution in [0.5, 0.6) is 0 Å². The van der Waals surface area contributed by atoms with E-state index in [1.165, 1.54) is 44.9 Å². The minimum Gasteiger partial charge on any atom is -0.390 e. The van der Waals surface area contributed by atoms with Crippen LogP contribution >= 0.6 is 0 Å². The summed E-state index contributed by atoms with van der Waals surface area (Å²) in [7, 11) is 0. The lowest BCUT2D eigenvalue weighted by atomic mass is 9.38. The first-order chi connectivity index (χ1) is 14.7. The van der Waals surface area contributed by atoms with Gasteiger partial charge in [-0.3, -0.25) is 4.79 Å². The predicted molar refractivity (Wildman–Crippen MR) is 133 cm³/mol. The lowest BCUT2D eigenvalue weighted by Gasteiger charge is -2.67. The molecular weight excluding hydrogens is 392 g/mol. The number of carbonyl (C=O) groups is 1. The van der Waals surface area contributed by atoms with Crippen LogP contribution in [0.1, 0.15) is 120 Å². The Balaban J connectivity index is 1.60. The Bertz CT molecular complexity index is 720. The lowest BCUT2D eigenvalue weighted by Crippen LogP contribution is -2.65. The quantitative estimate of drug-likeness (QED) is 0.472. The van der Waals surface area contributed by atoms with Crippen molar-refractivity contribution in [3.8, 4) is 0 Å². The van der Waals surface area contributed by atoms with Gasteiger partial charge in [0.2, 0.25) is 0 Å². The van der Waals surface area contributed by atoms with Gasteiger partial charge in [-0.15, -0.1) is 0 Å². The summed E-state index contributed by atoms with van der Waals surface area (Å²) in [6, 6.07) is 0. The maximum Gasteiger partial charge on any atom is 0.138 e. The molecule has 4 aliphatic rings. The van der Waals surface area contributed by atoms with Gasteiger partial charge in [0.1, 0.15) is 5.78 Å². The van der Waals surface area contributed by atoms with Gasteiger partial charge in [-0.2, -0.15) is 0 Å². The van der Waals surface area contributed by atoms with Crippen LogP contribution in [0.3, 0.4) is 0 Å². The minimum absolute atomic E-state index is 0.201. The van der Waals surface area contributed by atoms with E-state index in [0.717, 1.165) is 37.0 Å². The lowest BCUT2D eigenvalue weighted by molar-refractivity contribution is -0.223. The SMILES string of the molecule is CC(C)CCC[C@@H](C)[C@H]1CC[C@H]2[C@H]3[C@H](CC[C@]12C)[C@@]1(C)CCC(=O)C(C)(C)[C@@H]1C[C@@]3(C)O. The van der Waals surface area contributed by atoms with E-state index in [9.17, 15) is 9.90 Å². The molecule has 0 radical (unpaired) electrons. The topological polar surface area (TPSA) is 37.3 Å². The summed E-state index contributed by atoms with van der Waals surface area (Å²) in [5.74, 6) is 4.76. The van der Waals surface area contributed by atoms with Crippen LogP contribution in [-0.2, 0) is 4.79 Å². The summed E-state index contributed by atoms with van der Waals surface area (Å²) in [5.41, 5.74) is -0.365. The molecule has 2 heteroatoms. The van der Waals surface area contributed by atoms with Crippen LogP contribution < -0.4 is 0 Å². The largest absolute Gasteiger partial charge is 0.390 e. The standard InChI is InChI=1S/C30H52O2/c1-19(2)10-9-11-20(3)21-12-13-22-26-23(14-16-28(21,22)6)29(7)17-15-25(31)27(4,5)24(29)18-30(26,8)32/h19-24,26,32H,9-18H2,1-8H3/t20-,21-,22+,23+,24+,26+,28-,29-,30-/m1/s1. The number of Topliss-reactive ketones (excluding diaryl/α,β-unsaturated/α-hetero) is 1. The second kappa shape index (κ2) is 8.10. The summed E-state index contributed by atoms with van der Waals surface area (Å²) in [6.45, 7) is 18.8. The number of hydrogen-bond donors (Lipinski definition) is 1. The molecule has 0 amide bonds. The molecule has 4 fully saturated rings. The second-order valence-electron chi connectivity index (χ2n) is 14.5. The van der Waals surface area contributed by atoms with E-state index in [1.54, 1.807) is 0 Å². The highest BCUT2D eigenvalue weighted by atomic mass is 16.3. The van der Waals surface area contributed by atoms with Gasteiger partial charge in [-0.1, -0.05) is 67.7 Å². The van der Waals surface area contributed by atoms with Crippen molar-refractivity contribution in [3.05, 3.63) is 0 Å². The fourth-order valence-corrected chi connectivity index (χ4v) is 10.2. The fourth-order valence-electron chi connectivity index (χ4n) is 10.2. The van der Waals surface area contributed by atoms with Crippen molar-refractivity contribution in [3.63, 3.8) is 0 Å². The Labute approximate surface area is 198 Å². The highest BCUT2D eigenvalue weighted by molar-refractivity contribution is 5.85. The Morgan fingerprint density at radius 3 is 2.22 bits per heavy atom. The third kappa shape index (κ3) is 3.64. The molecule has 4 rings (SSSR count). The summed E-state index contributed by atoms with van der Waals surface area (Å²) < 4.78 is 0. The smallest absolute Gasteiger partial charge is 0.138 e. The van der Waals surface area contributed by atoms with E-state index in [4.69, 9.17) is 0 Å². The van der Waals surface area contributed by atoms with E-state index < -0.39 is 5.60 Å². The zero-order chi connectivity index (χ0) is 23.7. The second-order valence-corrected chi connectivity index (χ2v) is 14.5. The van der Waals surface area contributed by atoms with Gasteiger partial charge in [0, 0.05) is 11.8 Å². The average Bonchev–Trinajstić information content (AvgIpc) is 3.04. The Hall–Kier alpha value is -0.370. The fraction of sp³-hybridized carbons (Fsp3) is 0.967. The number of hydrogen-bond acceptors (Lipinski definition) is 2. The van der Waals surface area contributed by atoms with Crippen LogP contribution in [-0.4, -0.2) is 16.5 Å². The molecule has 184 valence electrons. The summed E-state index contributed by atoms with van der Waals surface area (Å²) >= 11 is 0. The van der Waals surface area contributed by atoms with Crippen molar-refractivity contribution in [2.75, 3.05) is 0 Å². The highest BCUT2D eigenvalue weighted by Gasteiger charge is 2.68. The minimum atomic E-state index is -0.647. The van der Waals surface area contributed by atoms with Gasteiger partial charge in [0.05, 0.1) is 5.60 Å². The normalized spacial score (nSPS) is 48.8. The maximum atomic E-state index is 12.9. The van der Waals surface area contributed by atoms with Crippen LogP contribution in [0, 0.1) is 57.7 Å². The van der Waals surface area contributed by atoms with E-state index in [2.05, 4.69) is 55.4 Å². The highest BCUT2D eigenvalue weighted by Crippen LogP contribution is 2.71. The molecule has 32 heavy (non-hydrogen) atoms. The van der Waals surface area contributed by atoms with Crippen molar-refractivity contribution >= 4 is 5.78 Å². The van der Waals surface area contributed by atoms with Crippen LogP contribution in [0.2, 0.25) is 0 Å². The summed E-state index contributed by atoms with van der Waals surface area (Å²) in [5, 5.41) is 12.0. The molecule has 0 bridgehead atoms. The number of rotatable bonds is 5. The molecule has 4 saturated carbocycles. The van der Waals surface area contributed by atoms with Crippen molar-refractivity contribution in [1.29, 1.82) is 0 Å². The number of aliphatic hydroxyl groups is 1. The van der Waals surface area contributed by atoms with Crippen molar-refractivity contribution in [2.45, 2.75) is 125 Å². The van der Waals surface area contributed by atoms with Crippen LogP contribution in [0.15, 0.2) is 0 Å². The van der Waals surface area contributed by atoms with E-state index in [0.29, 0.717) is 34.9 Å². The van der Waals surface area contributed by atoms with Gasteiger partial charge < -0.3 is 5.11 Å². The molecule has 0 aromatic carbocycles. The maximum absolute atomic E-state index is 12.9. The molecular formula is C30H52O2. The third-order valence-electron chi connectivity index (χ3n) is 11.9. The average molecular weight is 445 g/mol. The third-order valence-corrected chi connectivity index (χ3v) is 11.9. The Morgan fingerprint density at radius 2 is 1.56 bits per heavy atom. The molecule has 0 aliphatic heterocycles. The first-order valence-electron chi connectivity index (χ1n) is 14.0. The van der Waals surface area contributed by atoms with Crippen molar-refractivity contribution < 1.29 is 9.90 Å². The number of fused-ring (bicyclic) bond motifs is 5. The van der Waals surface area contributed by atoms with Gasteiger partial charge in [0.15, 0.2) is 0 Å².